The van der Waals surface area contributed by atoms with Crippen molar-refractivity contribution in [3.63, 3.8) is 0 Å². The van der Waals surface area contributed by atoms with Crippen LogP contribution in [0, 0.1) is 5.92 Å². The van der Waals surface area contributed by atoms with E-state index in [1.807, 2.05) is 0 Å². The number of rotatable bonds is 6. The first-order valence-corrected chi connectivity index (χ1v) is 7.67. The van der Waals surface area contributed by atoms with Crippen LogP contribution in [0.25, 0.3) is 0 Å². The summed E-state index contributed by atoms with van der Waals surface area (Å²) in [6, 6.07) is 0. The van der Waals surface area contributed by atoms with Gasteiger partial charge in [0.2, 0.25) is 5.89 Å². The molecule has 0 aliphatic carbocycles. The van der Waals surface area contributed by atoms with E-state index < -0.39 is 0 Å². The molecular formula is C14H22N6O2. The molecule has 0 unspecified atom stereocenters. The van der Waals surface area contributed by atoms with E-state index in [1.165, 1.54) is 6.33 Å². The topological polar surface area (TPSA) is 82.1 Å². The van der Waals surface area contributed by atoms with Crippen molar-refractivity contribution in [2.75, 3.05) is 19.7 Å². The van der Waals surface area contributed by atoms with Crippen molar-refractivity contribution >= 4 is 0 Å². The predicted molar refractivity (Wildman–Crippen MR) is 77.9 cm³/mol. The van der Waals surface area contributed by atoms with Crippen molar-refractivity contribution in [2.24, 2.45) is 5.92 Å². The molecule has 1 fully saturated rings. The molecule has 3 rings (SSSR count). The van der Waals surface area contributed by atoms with Crippen molar-refractivity contribution in [3.8, 4) is 0 Å². The highest BCUT2D eigenvalue weighted by Gasteiger charge is 2.23. The Labute approximate surface area is 129 Å². The highest BCUT2D eigenvalue weighted by Crippen LogP contribution is 2.12. The van der Waals surface area contributed by atoms with E-state index in [-0.39, 0.29) is 6.10 Å². The van der Waals surface area contributed by atoms with Crippen LogP contribution in [0.2, 0.25) is 0 Å². The van der Waals surface area contributed by atoms with E-state index in [2.05, 4.69) is 39.0 Å². The number of ether oxygens (including phenoxy) is 1. The zero-order valence-corrected chi connectivity index (χ0v) is 13.1. The van der Waals surface area contributed by atoms with E-state index >= 15 is 0 Å². The third kappa shape index (κ3) is 4.11. The molecule has 1 aliphatic heterocycles. The van der Waals surface area contributed by atoms with Gasteiger partial charge in [-0.1, -0.05) is 19.0 Å². The molecule has 0 radical (unpaired) electrons. The summed E-state index contributed by atoms with van der Waals surface area (Å²) in [5.74, 6) is 2.00. The second-order valence-electron chi connectivity index (χ2n) is 6.05. The molecule has 0 spiro atoms. The van der Waals surface area contributed by atoms with Crippen LogP contribution in [-0.4, -0.2) is 55.6 Å². The van der Waals surface area contributed by atoms with Crippen LogP contribution < -0.4 is 0 Å². The van der Waals surface area contributed by atoms with Gasteiger partial charge in [-0.15, -0.1) is 0 Å². The monoisotopic (exact) mass is 306 g/mol. The normalized spacial score (nSPS) is 19.9. The van der Waals surface area contributed by atoms with Gasteiger partial charge in [0.25, 0.3) is 0 Å². The van der Waals surface area contributed by atoms with Crippen LogP contribution in [0.15, 0.2) is 17.2 Å². The Morgan fingerprint density at radius 3 is 3.09 bits per heavy atom. The zero-order chi connectivity index (χ0) is 15.4. The minimum Gasteiger partial charge on any atom is -0.374 e. The van der Waals surface area contributed by atoms with Gasteiger partial charge < -0.3 is 9.26 Å². The maximum atomic E-state index is 5.78. The van der Waals surface area contributed by atoms with Crippen LogP contribution in [0.3, 0.4) is 0 Å². The number of hydrogen-bond acceptors (Lipinski definition) is 7. The summed E-state index contributed by atoms with van der Waals surface area (Å²) in [5, 5.41) is 8.15. The van der Waals surface area contributed by atoms with E-state index in [0.29, 0.717) is 31.5 Å². The van der Waals surface area contributed by atoms with Gasteiger partial charge in [-0.2, -0.15) is 10.1 Å². The first-order valence-electron chi connectivity index (χ1n) is 7.67. The van der Waals surface area contributed by atoms with Crippen LogP contribution in [0.1, 0.15) is 25.6 Å². The molecule has 120 valence electrons. The molecule has 1 aliphatic rings. The van der Waals surface area contributed by atoms with Gasteiger partial charge in [-0.05, 0) is 5.92 Å². The van der Waals surface area contributed by atoms with Crippen molar-refractivity contribution in [2.45, 2.75) is 39.5 Å². The van der Waals surface area contributed by atoms with Gasteiger partial charge in [0.05, 0.1) is 25.8 Å². The lowest BCUT2D eigenvalue weighted by molar-refractivity contribution is -0.0426. The average molecular weight is 306 g/mol. The van der Waals surface area contributed by atoms with Crippen molar-refractivity contribution in [1.29, 1.82) is 0 Å². The van der Waals surface area contributed by atoms with Gasteiger partial charge in [0.15, 0.2) is 5.82 Å². The maximum absolute atomic E-state index is 5.78. The van der Waals surface area contributed by atoms with Crippen LogP contribution in [-0.2, 0) is 24.2 Å². The Morgan fingerprint density at radius 2 is 2.32 bits per heavy atom. The fourth-order valence-electron chi connectivity index (χ4n) is 2.56. The molecular weight excluding hydrogens is 284 g/mol. The smallest absolute Gasteiger partial charge is 0.240 e. The second kappa shape index (κ2) is 6.97. The molecule has 8 nitrogen and oxygen atoms in total. The lowest BCUT2D eigenvalue weighted by atomic mass is 10.1. The lowest BCUT2D eigenvalue weighted by Gasteiger charge is -2.31. The van der Waals surface area contributed by atoms with Crippen LogP contribution >= 0.6 is 0 Å². The fraction of sp³-hybridized carbons (Fsp3) is 0.714. The molecule has 0 bridgehead atoms. The Kier molecular flexibility index (Phi) is 4.79. The molecule has 1 saturated heterocycles. The summed E-state index contributed by atoms with van der Waals surface area (Å²) in [6.45, 7) is 8.06. The van der Waals surface area contributed by atoms with Crippen molar-refractivity contribution in [3.05, 3.63) is 24.4 Å². The Bertz CT molecular complexity index is 568. The number of aromatic nitrogens is 5. The quantitative estimate of drug-likeness (QED) is 0.779. The first-order chi connectivity index (χ1) is 10.7. The molecule has 3 heterocycles. The maximum Gasteiger partial charge on any atom is 0.240 e. The standard InChI is InChI=1S/C14H22N6O2/c1-11(2)5-13-17-14(22-18-13)8-19-3-4-21-12(6-19)7-20-10-15-9-16-20/h9-12H,3-8H2,1-2H3/t12-/m1/s1. The zero-order valence-electron chi connectivity index (χ0n) is 13.1. The minimum absolute atomic E-state index is 0.105. The SMILES string of the molecule is CC(C)Cc1noc(CN2CCO[C@@H](Cn3cncn3)C2)n1. The Balaban J connectivity index is 1.52. The van der Waals surface area contributed by atoms with Gasteiger partial charge in [-0.3, -0.25) is 9.58 Å². The van der Waals surface area contributed by atoms with E-state index in [1.54, 1.807) is 11.0 Å². The Hall–Kier alpha value is -1.80. The van der Waals surface area contributed by atoms with Crippen molar-refractivity contribution in [1.82, 2.24) is 29.8 Å². The van der Waals surface area contributed by atoms with E-state index in [0.717, 1.165) is 25.3 Å². The fourth-order valence-corrected chi connectivity index (χ4v) is 2.56. The van der Waals surface area contributed by atoms with Crippen LogP contribution in [0.5, 0.6) is 0 Å². The molecule has 0 N–H and O–H groups in total. The molecule has 8 heteroatoms. The summed E-state index contributed by atoms with van der Waals surface area (Å²) >= 11 is 0. The van der Waals surface area contributed by atoms with Crippen LogP contribution in [0.4, 0.5) is 0 Å². The highest BCUT2D eigenvalue weighted by atomic mass is 16.5. The third-order valence-corrected chi connectivity index (χ3v) is 3.54. The molecule has 1 atom stereocenters. The third-order valence-electron chi connectivity index (χ3n) is 3.54. The highest BCUT2D eigenvalue weighted by molar-refractivity contribution is 4.88. The van der Waals surface area contributed by atoms with Gasteiger partial charge in [-0.25, -0.2) is 4.98 Å². The molecule has 0 amide bonds. The average Bonchev–Trinajstić information content (AvgIpc) is 3.11. The largest absolute Gasteiger partial charge is 0.374 e. The molecule has 0 aromatic carbocycles. The van der Waals surface area contributed by atoms with Gasteiger partial charge >= 0.3 is 0 Å². The summed E-state index contributed by atoms with van der Waals surface area (Å²) in [5.41, 5.74) is 0. The summed E-state index contributed by atoms with van der Waals surface area (Å²) in [4.78, 5) is 10.7. The summed E-state index contributed by atoms with van der Waals surface area (Å²) in [6.07, 6.45) is 4.20. The van der Waals surface area contributed by atoms with E-state index in [4.69, 9.17) is 9.26 Å². The van der Waals surface area contributed by atoms with Gasteiger partial charge in [0, 0.05) is 19.5 Å². The predicted octanol–water partition coefficient (Wildman–Crippen LogP) is 0.761. The molecule has 2 aromatic heterocycles. The summed E-state index contributed by atoms with van der Waals surface area (Å²) < 4.78 is 12.9. The lowest BCUT2D eigenvalue weighted by Crippen LogP contribution is -2.43. The Morgan fingerprint density at radius 1 is 1.41 bits per heavy atom. The van der Waals surface area contributed by atoms with Crippen molar-refractivity contribution < 1.29 is 9.26 Å². The molecule has 22 heavy (non-hydrogen) atoms. The second-order valence-corrected chi connectivity index (χ2v) is 6.05. The molecule has 0 saturated carbocycles. The summed E-state index contributed by atoms with van der Waals surface area (Å²) in [7, 11) is 0. The number of morpholine rings is 1. The first kappa shape index (κ1) is 15.1. The molecule has 2 aromatic rings. The minimum atomic E-state index is 0.105. The van der Waals surface area contributed by atoms with Gasteiger partial charge in [0.1, 0.15) is 12.7 Å². The number of hydrogen-bond donors (Lipinski definition) is 0. The number of nitrogens with zero attached hydrogens (tertiary/aromatic N) is 6. The van der Waals surface area contributed by atoms with E-state index in [9.17, 15) is 0 Å².